The fourth-order valence-electron chi connectivity index (χ4n) is 2.47. The second kappa shape index (κ2) is 7.67. The minimum Gasteiger partial charge on any atom is -0.484 e. The lowest BCUT2D eigenvalue weighted by Crippen LogP contribution is -2.20. The van der Waals surface area contributed by atoms with Crippen LogP contribution in [0.4, 0.5) is 5.69 Å². The molecular formula is C22H21NO2. The largest absolute Gasteiger partial charge is 0.484 e. The molecule has 1 N–H and O–H groups in total. The summed E-state index contributed by atoms with van der Waals surface area (Å²) < 4.78 is 5.56. The molecule has 3 aromatic carbocycles. The highest BCUT2D eigenvalue weighted by atomic mass is 16.5. The zero-order valence-electron chi connectivity index (χ0n) is 14.5. The van der Waals surface area contributed by atoms with Crippen molar-refractivity contribution in [3.63, 3.8) is 0 Å². The molecule has 0 aliphatic carbocycles. The Bertz CT molecular complexity index is 835. The van der Waals surface area contributed by atoms with Crippen LogP contribution in [0.1, 0.15) is 11.1 Å². The van der Waals surface area contributed by atoms with E-state index in [1.54, 1.807) is 0 Å². The van der Waals surface area contributed by atoms with Crippen LogP contribution >= 0.6 is 0 Å². The molecule has 1 amide bonds. The maximum Gasteiger partial charge on any atom is 0.262 e. The maximum atomic E-state index is 12.0. The lowest BCUT2D eigenvalue weighted by molar-refractivity contribution is -0.118. The molecule has 0 spiro atoms. The van der Waals surface area contributed by atoms with Gasteiger partial charge in [-0.05, 0) is 49.2 Å². The Balaban J connectivity index is 1.55. The van der Waals surface area contributed by atoms with Gasteiger partial charge in [0, 0.05) is 5.69 Å². The van der Waals surface area contributed by atoms with E-state index < -0.39 is 0 Å². The van der Waals surface area contributed by atoms with Crippen LogP contribution in [0.2, 0.25) is 0 Å². The summed E-state index contributed by atoms with van der Waals surface area (Å²) in [4.78, 5) is 12.0. The minimum atomic E-state index is -0.175. The van der Waals surface area contributed by atoms with Crippen LogP contribution in [-0.4, -0.2) is 12.5 Å². The van der Waals surface area contributed by atoms with Gasteiger partial charge < -0.3 is 10.1 Å². The van der Waals surface area contributed by atoms with E-state index in [1.165, 1.54) is 5.56 Å². The van der Waals surface area contributed by atoms with Gasteiger partial charge in [0.15, 0.2) is 6.61 Å². The van der Waals surface area contributed by atoms with Crippen molar-refractivity contribution in [2.24, 2.45) is 0 Å². The van der Waals surface area contributed by atoms with E-state index in [0.29, 0.717) is 5.75 Å². The number of hydrogen-bond donors (Lipinski definition) is 1. The SMILES string of the molecule is Cc1ccc(NC(=O)COc2ccc(-c3ccc(C)cc3)cc2)cc1. The minimum absolute atomic E-state index is 0.0161. The summed E-state index contributed by atoms with van der Waals surface area (Å²) in [6.07, 6.45) is 0. The van der Waals surface area contributed by atoms with Crippen molar-refractivity contribution in [1.29, 1.82) is 0 Å². The number of carbonyl (C=O) groups excluding carboxylic acids is 1. The molecule has 0 atom stereocenters. The van der Waals surface area contributed by atoms with Gasteiger partial charge in [-0.3, -0.25) is 4.79 Å². The van der Waals surface area contributed by atoms with Crippen LogP contribution in [0.5, 0.6) is 5.75 Å². The number of amides is 1. The van der Waals surface area contributed by atoms with Gasteiger partial charge in [-0.2, -0.15) is 0 Å². The molecule has 0 aliphatic heterocycles. The normalized spacial score (nSPS) is 10.3. The predicted octanol–water partition coefficient (Wildman–Crippen LogP) is 4.99. The molecule has 0 saturated heterocycles. The molecule has 3 heteroatoms. The Morgan fingerprint density at radius 3 is 1.80 bits per heavy atom. The van der Waals surface area contributed by atoms with Crippen LogP contribution in [0, 0.1) is 13.8 Å². The average molecular weight is 331 g/mol. The molecule has 0 bridgehead atoms. The third kappa shape index (κ3) is 4.70. The third-order valence-electron chi connectivity index (χ3n) is 3.94. The molecule has 25 heavy (non-hydrogen) atoms. The van der Waals surface area contributed by atoms with Crippen molar-refractivity contribution < 1.29 is 9.53 Å². The molecule has 3 rings (SSSR count). The van der Waals surface area contributed by atoms with Crippen LogP contribution in [0.3, 0.4) is 0 Å². The molecule has 0 aromatic heterocycles. The first-order chi connectivity index (χ1) is 12.1. The molecule has 0 saturated carbocycles. The molecule has 0 radical (unpaired) electrons. The van der Waals surface area contributed by atoms with Crippen LogP contribution in [0.25, 0.3) is 11.1 Å². The van der Waals surface area contributed by atoms with E-state index in [4.69, 9.17) is 4.74 Å². The van der Waals surface area contributed by atoms with Crippen molar-refractivity contribution in [3.05, 3.63) is 83.9 Å². The van der Waals surface area contributed by atoms with E-state index in [1.807, 2.05) is 55.5 Å². The van der Waals surface area contributed by atoms with Gasteiger partial charge >= 0.3 is 0 Å². The van der Waals surface area contributed by atoms with Crippen molar-refractivity contribution in [1.82, 2.24) is 0 Å². The van der Waals surface area contributed by atoms with Gasteiger partial charge in [0.1, 0.15) is 5.75 Å². The molecule has 3 aromatic rings. The zero-order chi connectivity index (χ0) is 17.6. The smallest absolute Gasteiger partial charge is 0.262 e. The summed E-state index contributed by atoms with van der Waals surface area (Å²) in [7, 11) is 0. The molecule has 3 nitrogen and oxygen atoms in total. The summed E-state index contributed by atoms with van der Waals surface area (Å²) in [5.74, 6) is 0.501. The van der Waals surface area contributed by atoms with Gasteiger partial charge in [0.05, 0.1) is 0 Å². The first kappa shape index (κ1) is 16.8. The van der Waals surface area contributed by atoms with Gasteiger partial charge in [-0.1, -0.05) is 59.7 Å². The van der Waals surface area contributed by atoms with Gasteiger partial charge in [-0.15, -0.1) is 0 Å². The topological polar surface area (TPSA) is 38.3 Å². The van der Waals surface area contributed by atoms with E-state index >= 15 is 0 Å². The molecule has 0 unspecified atom stereocenters. The highest BCUT2D eigenvalue weighted by Crippen LogP contribution is 2.22. The number of nitrogens with one attached hydrogen (secondary N) is 1. The van der Waals surface area contributed by atoms with E-state index in [0.717, 1.165) is 22.4 Å². The summed E-state index contributed by atoms with van der Waals surface area (Å²) >= 11 is 0. The van der Waals surface area contributed by atoms with E-state index in [2.05, 4.69) is 36.5 Å². The monoisotopic (exact) mass is 331 g/mol. The number of ether oxygens (including phenoxy) is 1. The Labute approximate surface area is 148 Å². The van der Waals surface area contributed by atoms with Crippen LogP contribution in [0.15, 0.2) is 72.8 Å². The second-order valence-corrected chi connectivity index (χ2v) is 6.09. The number of anilines is 1. The van der Waals surface area contributed by atoms with Crippen LogP contribution in [-0.2, 0) is 4.79 Å². The first-order valence-electron chi connectivity index (χ1n) is 8.26. The van der Waals surface area contributed by atoms with Crippen LogP contribution < -0.4 is 10.1 Å². The lowest BCUT2D eigenvalue weighted by Gasteiger charge is -2.09. The highest BCUT2D eigenvalue weighted by Gasteiger charge is 2.04. The Hall–Kier alpha value is -3.07. The van der Waals surface area contributed by atoms with Gasteiger partial charge in [0.25, 0.3) is 5.91 Å². The Kier molecular flexibility index (Phi) is 5.14. The quantitative estimate of drug-likeness (QED) is 0.715. The van der Waals surface area contributed by atoms with Crippen molar-refractivity contribution in [2.45, 2.75) is 13.8 Å². The fraction of sp³-hybridized carbons (Fsp3) is 0.136. The molecule has 0 fully saturated rings. The Morgan fingerprint density at radius 1 is 0.760 bits per heavy atom. The number of rotatable bonds is 5. The lowest BCUT2D eigenvalue weighted by atomic mass is 10.0. The summed E-state index contributed by atoms with van der Waals surface area (Å²) in [6, 6.07) is 23.8. The third-order valence-corrected chi connectivity index (χ3v) is 3.94. The van der Waals surface area contributed by atoms with Crippen molar-refractivity contribution in [3.8, 4) is 16.9 Å². The molecule has 0 heterocycles. The van der Waals surface area contributed by atoms with Crippen molar-refractivity contribution in [2.75, 3.05) is 11.9 Å². The highest BCUT2D eigenvalue weighted by molar-refractivity contribution is 5.91. The summed E-state index contributed by atoms with van der Waals surface area (Å²) in [6.45, 7) is 4.06. The van der Waals surface area contributed by atoms with E-state index in [-0.39, 0.29) is 12.5 Å². The van der Waals surface area contributed by atoms with Gasteiger partial charge in [-0.25, -0.2) is 0 Å². The molecule has 126 valence electrons. The first-order valence-corrected chi connectivity index (χ1v) is 8.26. The van der Waals surface area contributed by atoms with Crippen molar-refractivity contribution >= 4 is 11.6 Å². The zero-order valence-corrected chi connectivity index (χ0v) is 14.5. The standard InChI is InChI=1S/C22H21NO2/c1-16-3-7-18(8-4-16)19-9-13-21(14-10-19)25-15-22(24)23-20-11-5-17(2)6-12-20/h3-14H,15H2,1-2H3,(H,23,24). The average Bonchev–Trinajstić information content (AvgIpc) is 2.63. The fourth-order valence-corrected chi connectivity index (χ4v) is 2.47. The molecule has 0 aliphatic rings. The predicted molar refractivity (Wildman–Crippen MR) is 102 cm³/mol. The molecular weight excluding hydrogens is 310 g/mol. The second-order valence-electron chi connectivity index (χ2n) is 6.09. The number of hydrogen-bond acceptors (Lipinski definition) is 2. The number of carbonyl (C=O) groups is 1. The summed E-state index contributed by atoms with van der Waals surface area (Å²) in [5.41, 5.74) is 5.45. The number of aryl methyl sites for hydroxylation is 2. The number of benzene rings is 3. The van der Waals surface area contributed by atoms with Gasteiger partial charge in [0.2, 0.25) is 0 Å². The maximum absolute atomic E-state index is 12.0. The summed E-state index contributed by atoms with van der Waals surface area (Å²) in [5, 5.41) is 2.82. The Morgan fingerprint density at radius 2 is 1.24 bits per heavy atom. The van der Waals surface area contributed by atoms with E-state index in [9.17, 15) is 4.79 Å².